The van der Waals surface area contributed by atoms with E-state index in [0.717, 1.165) is 5.56 Å². The first-order valence-electron chi connectivity index (χ1n) is 8.65. The van der Waals surface area contributed by atoms with Crippen molar-refractivity contribution in [3.8, 4) is 10.6 Å². The Kier molecular flexibility index (Phi) is 6.16. The number of benzene rings is 2. The number of thiazole rings is 1. The summed E-state index contributed by atoms with van der Waals surface area (Å²) in [5, 5.41) is 2.14. The Morgan fingerprint density at radius 3 is 2.50 bits per heavy atom. The Morgan fingerprint density at radius 1 is 1.14 bits per heavy atom. The first-order chi connectivity index (χ1) is 13.4. The first-order valence-corrected chi connectivity index (χ1v) is 9.53. The van der Waals surface area contributed by atoms with Gasteiger partial charge in [-0.2, -0.15) is 0 Å². The van der Waals surface area contributed by atoms with Crippen LogP contribution in [0.25, 0.3) is 10.6 Å². The third-order valence-electron chi connectivity index (χ3n) is 4.07. The lowest BCUT2D eigenvalue weighted by molar-refractivity contribution is -0.139. The largest absolute Gasteiger partial charge is 0.448 e. The Morgan fingerprint density at radius 2 is 1.82 bits per heavy atom. The van der Waals surface area contributed by atoms with Crippen LogP contribution in [0.15, 0.2) is 60.0 Å². The Hall–Kier alpha value is -3.06. The van der Waals surface area contributed by atoms with Gasteiger partial charge in [0.25, 0.3) is 5.91 Å². The van der Waals surface area contributed by atoms with Crippen LogP contribution in [0.1, 0.15) is 23.0 Å². The Balaban J connectivity index is 1.60. The fourth-order valence-electron chi connectivity index (χ4n) is 2.61. The van der Waals surface area contributed by atoms with Gasteiger partial charge in [0, 0.05) is 24.5 Å². The molecule has 5 nitrogen and oxygen atoms in total. The molecule has 3 aromatic rings. The predicted octanol–water partition coefficient (Wildman–Crippen LogP) is 4.15. The minimum Gasteiger partial charge on any atom is -0.448 e. The average Bonchev–Trinajstić information content (AvgIpc) is 3.19. The van der Waals surface area contributed by atoms with Gasteiger partial charge in [-0.25, -0.2) is 14.2 Å². The summed E-state index contributed by atoms with van der Waals surface area (Å²) in [5.74, 6) is -1.31. The van der Waals surface area contributed by atoms with Crippen LogP contribution in [0.4, 0.5) is 4.39 Å². The second kappa shape index (κ2) is 8.75. The summed E-state index contributed by atoms with van der Waals surface area (Å²) in [5.41, 5.74) is 1.81. The standard InChI is InChI=1S/C21H19FN2O3S/c1-14(20(25)24(2)12-15-6-4-3-5-7-15)27-21(26)18-13-28-19(23-18)16-8-10-17(22)11-9-16/h3-11,13-14H,12H2,1-2H3/t14-/m0/s1. The molecule has 2 aromatic carbocycles. The van der Waals surface area contributed by atoms with Gasteiger partial charge < -0.3 is 9.64 Å². The van der Waals surface area contributed by atoms with Crippen molar-refractivity contribution in [2.75, 3.05) is 7.05 Å². The molecule has 1 amide bonds. The van der Waals surface area contributed by atoms with E-state index in [4.69, 9.17) is 4.74 Å². The normalized spacial score (nSPS) is 11.7. The minimum atomic E-state index is -0.933. The summed E-state index contributed by atoms with van der Waals surface area (Å²) in [4.78, 5) is 30.5. The highest BCUT2D eigenvalue weighted by Crippen LogP contribution is 2.24. The maximum atomic E-state index is 13.0. The SMILES string of the molecule is C[C@H](OC(=O)c1csc(-c2ccc(F)cc2)n1)C(=O)N(C)Cc1ccccc1. The molecule has 1 heterocycles. The number of carbonyl (C=O) groups is 2. The summed E-state index contributed by atoms with van der Waals surface area (Å²) in [6.07, 6.45) is -0.933. The number of ether oxygens (including phenoxy) is 1. The van der Waals surface area contributed by atoms with Gasteiger partial charge in [-0.3, -0.25) is 4.79 Å². The molecule has 0 aliphatic heterocycles. The van der Waals surface area contributed by atoms with E-state index >= 15 is 0 Å². The second-order valence-corrected chi connectivity index (χ2v) is 7.13. The topological polar surface area (TPSA) is 59.5 Å². The smallest absolute Gasteiger partial charge is 0.358 e. The summed E-state index contributed by atoms with van der Waals surface area (Å²) in [6, 6.07) is 15.4. The van der Waals surface area contributed by atoms with Crippen LogP contribution in [0.3, 0.4) is 0 Å². The number of aromatic nitrogens is 1. The van der Waals surface area contributed by atoms with Crippen LogP contribution in [0.5, 0.6) is 0 Å². The molecule has 0 saturated heterocycles. The van der Waals surface area contributed by atoms with Crippen LogP contribution in [-0.4, -0.2) is 34.9 Å². The molecule has 0 aliphatic carbocycles. The zero-order valence-electron chi connectivity index (χ0n) is 15.5. The van der Waals surface area contributed by atoms with Crippen molar-refractivity contribution in [2.45, 2.75) is 19.6 Å². The van der Waals surface area contributed by atoms with Gasteiger partial charge in [-0.1, -0.05) is 30.3 Å². The number of esters is 1. The molecule has 0 unspecified atom stereocenters. The highest BCUT2D eigenvalue weighted by Gasteiger charge is 2.23. The number of rotatable bonds is 6. The van der Waals surface area contributed by atoms with Crippen LogP contribution in [0.2, 0.25) is 0 Å². The molecule has 0 aliphatic rings. The zero-order chi connectivity index (χ0) is 20.1. The molecule has 28 heavy (non-hydrogen) atoms. The number of hydrogen-bond donors (Lipinski definition) is 0. The third-order valence-corrected chi connectivity index (χ3v) is 4.97. The van der Waals surface area contributed by atoms with Gasteiger partial charge >= 0.3 is 5.97 Å². The molecule has 0 spiro atoms. The fourth-order valence-corrected chi connectivity index (χ4v) is 3.40. The lowest BCUT2D eigenvalue weighted by Crippen LogP contribution is -2.37. The summed E-state index contributed by atoms with van der Waals surface area (Å²) in [6.45, 7) is 1.96. The van der Waals surface area contributed by atoms with Gasteiger partial charge in [-0.05, 0) is 36.8 Å². The molecule has 0 N–H and O–H groups in total. The maximum absolute atomic E-state index is 13.0. The quantitative estimate of drug-likeness (QED) is 0.585. The molecule has 144 valence electrons. The summed E-state index contributed by atoms with van der Waals surface area (Å²) >= 11 is 1.25. The van der Waals surface area contributed by atoms with E-state index in [1.54, 1.807) is 24.6 Å². The minimum absolute atomic E-state index is 0.120. The second-order valence-electron chi connectivity index (χ2n) is 6.27. The number of halogens is 1. The van der Waals surface area contributed by atoms with E-state index < -0.39 is 12.1 Å². The van der Waals surface area contributed by atoms with Crippen LogP contribution in [-0.2, 0) is 16.1 Å². The molecule has 7 heteroatoms. The number of amides is 1. The van der Waals surface area contributed by atoms with Gasteiger partial charge in [0.15, 0.2) is 11.8 Å². The van der Waals surface area contributed by atoms with Crippen molar-refractivity contribution < 1.29 is 18.7 Å². The summed E-state index contributed by atoms with van der Waals surface area (Å²) in [7, 11) is 1.66. The fraction of sp³-hybridized carbons (Fsp3) is 0.190. The molecule has 0 fully saturated rings. The lowest BCUT2D eigenvalue weighted by atomic mass is 10.2. The molecular weight excluding hydrogens is 379 g/mol. The van der Waals surface area contributed by atoms with Crippen LogP contribution in [0, 0.1) is 5.82 Å². The average molecular weight is 398 g/mol. The van der Waals surface area contributed by atoms with E-state index in [0.29, 0.717) is 17.1 Å². The highest BCUT2D eigenvalue weighted by molar-refractivity contribution is 7.13. The van der Waals surface area contributed by atoms with Crippen molar-refractivity contribution in [3.05, 3.63) is 77.1 Å². The lowest BCUT2D eigenvalue weighted by Gasteiger charge is -2.21. The van der Waals surface area contributed by atoms with Crippen molar-refractivity contribution >= 4 is 23.2 Å². The maximum Gasteiger partial charge on any atom is 0.358 e. The molecular formula is C21H19FN2O3S. The highest BCUT2D eigenvalue weighted by atomic mass is 32.1. The van der Waals surface area contributed by atoms with Crippen LogP contribution < -0.4 is 0 Å². The van der Waals surface area contributed by atoms with E-state index in [1.165, 1.54) is 35.3 Å². The monoisotopic (exact) mass is 398 g/mol. The van der Waals surface area contributed by atoms with Crippen molar-refractivity contribution in [2.24, 2.45) is 0 Å². The molecule has 1 aromatic heterocycles. The van der Waals surface area contributed by atoms with E-state index in [2.05, 4.69) is 4.98 Å². The first kappa shape index (κ1) is 19.7. The van der Waals surface area contributed by atoms with Gasteiger partial charge in [-0.15, -0.1) is 11.3 Å². The predicted molar refractivity (Wildman–Crippen MR) is 105 cm³/mol. The van der Waals surface area contributed by atoms with Crippen molar-refractivity contribution in [3.63, 3.8) is 0 Å². The van der Waals surface area contributed by atoms with Gasteiger partial charge in [0.1, 0.15) is 10.8 Å². The third kappa shape index (κ3) is 4.80. The number of likely N-dealkylation sites (N-methyl/N-ethyl adjacent to an activating group) is 1. The molecule has 0 saturated carbocycles. The number of carbonyl (C=O) groups excluding carboxylic acids is 2. The zero-order valence-corrected chi connectivity index (χ0v) is 16.3. The molecule has 3 rings (SSSR count). The van der Waals surface area contributed by atoms with Gasteiger partial charge in [0.2, 0.25) is 0 Å². The summed E-state index contributed by atoms with van der Waals surface area (Å²) < 4.78 is 18.3. The van der Waals surface area contributed by atoms with E-state index in [1.807, 2.05) is 30.3 Å². The molecule has 0 radical (unpaired) electrons. The molecule has 0 bridgehead atoms. The van der Waals surface area contributed by atoms with E-state index in [9.17, 15) is 14.0 Å². The van der Waals surface area contributed by atoms with Crippen molar-refractivity contribution in [1.82, 2.24) is 9.88 Å². The number of nitrogens with zero attached hydrogens (tertiary/aromatic N) is 2. The van der Waals surface area contributed by atoms with Crippen molar-refractivity contribution in [1.29, 1.82) is 0 Å². The number of hydrogen-bond acceptors (Lipinski definition) is 5. The molecule has 1 atom stereocenters. The van der Waals surface area contributed by atoms with Crippen LogP contribution >= 0.6 is 11.3 Å². The Bertz CT molecular complexity index is 957. The van der Waals surface area contributed by atoms with E-state index in [-0.39, 0.29) is 17.4 Å². The van der Waals surface area contributed by atoms with Gasteiger partial charge in [0.05, 0.1) is 0 Å². The Labute approximate surface area is 166 Å².